The lowest BCUT2D eigenvalue weighted by Crippen LogP contribution is -3.15. The van der Waals surface area contributed by atoms with Gasteiger partial charge in [0.25, 0.3) is 15.9 Å². The van der Waals surface area contributed by atoms with Gasteiger partial charge in [-0.15, -0.1) is 11.3 Å². The molecule has 11 heteroatoms. The Balaban J connectivity index is 1.87. The molecule has 0 radical (unpaired) electrons. The van der Waals surface area contributed by atoms with E-state index in [1.54, 1.807) is 13.1 Å². The third-order valence-electron chi connectivity index (χ3n) is 4.06. The van der Waals surface area contributed by atoms with Gasteiger partial charge < -0.3 is 15.1 Å². The average Bonchev–Trinajstić information content (AvgIpc) is 3.02. The van der Waals surface area contributed by atoms with E-state index in [1.165, 1.54) is 22.3 Å². The van der Waals surface area contributed by atoms with Crippen LogP contribution < -0.4 is 10.2 Å². The minimum atomic E-state index is -3.52. The van der Waals surface area contributed by atoms with E-state index in [4.69, 9.17) is 11.6 Å². The van der Waals surface area contributed by atoms with Gasteiger partial charge in [-0.25, -0.2) is 8.42 Å². The quantitative estimate of drug-likeness (QED) is 0.598. The van der Waals surface area contributed by atoms with Crippen molar-refractivity contribution in [3.63, 3.8) is 0 Å². The van der Waals surface area contributed by atoms with Crippen molar-refractivity contribution in [3.05, 3.63) is 16.5 Å². The number of hydrogen-bond acceptors (Lipinski definition) is 5. The summed E-state index contributed by atoms with van der Waals surface area (Å²) in [6.07, 6.45) is 0. The molecule has 8 nitrogen and oxygen atoms in total. The number of nitrogens with one attached hydrogen (secondary N) is 2. The maximum absolute atomic E-state index is 12.5. The van der Waals surface area contributed by atoms with E-state index < -0.39 is 10.0 Å². The van der Waals surface area contributed by atoms with Crippen LogP contribution in [0, 0.1) is 0 Å². The summed E-state index contributed by atoms with van der Waals surface area (Å²) < 4.78 is 27.2. The maximum Gasteiger partial charge on any atom is 0.277 e. The summed E-state index contributed by atoms with van der Waals surface area (Å²) in [5.74, 6) is -0.365. The molecule has 0 atom stereocenters. The predicted octanol–water partition coefficient (Wildman–Crippen LogP) is -1.50. The molecule has 1 saturated heterocycles. The Morgan fingerprint density at radius 1 is 1.36 bits per heavy atom. The topological polar surface area (TPSA) is 91.2 Å². The fourth-order valence-corrected chi connectivity index (χ4v) is 5.59. The van der Waals surface area contributed by atoms with Gasteiger partial charge in [0, 0.05) is 14.1 Å². The molecule has 0 aliphatic carbocycles. The van der Waals surface area contributed by atoms with Gasteiger partial charge in [-0.2, -0.15) is 4.31 Å². The lowest BCUT2D eigenvalue weighted by Gasteiger charge is -2.31. The minimum absolute atomic E-state index is 0.0161. The lowest BCUT2D eigenvalue weighted by atomic mass is 10.3. The second-order valence-corrected chi connectivity index (χ2v) is 9.69. The molecule has 1 aliphatic rings. The van der Waals surface area contributed by atoms with Gasteiger partial charge in [-0.1, -0.05) is 11.6 Å². The molecular formula is C14H22ClN4O4S2+. The highest BCUT2D eigenvalue weighted by atomic mass is 35.5. The second-order valence-electron chi connectivity index (χ2n) is 5.81. The Bertz CT molecular complexity index is 729. The van der Waals surface area contributed by atoms with Crippen molar-refractivity contribution in [2.45, 2.75) is 4.21 Å². The molecule has 2 N–H and O–H groups in total. The number of carbonyl (C=O) groups is 2. The van der Waals surface area contributed by atoms with Gasteiger partial charge in [-0.05, 0) is 12.1 Å². The first-order chi connectivity index (χ1) is 11.7. The van der Waals surface area contributed by atoms with Gasteiger partial charge in [0.15, 0.2) is 6.54 Å². The van der Waals surface area contributed by atoms with Gasteiger partial charge in [0.1, 0.15) is 4.21 Å². The van der Waals surface area contributed by atoms with E-state index in [1.807, 2.05) is 0 Å². The van der Waals surface area contributed by atoms with Crippen LogP contribution in [0.2, 0.25) is 4.34 Å². The van der Waals surface area contributed by atoms with Crippen LogP contribution in [0.25, 0.3) is 0 Å². The molecule has 1 aromatic rings. The number of thiophene rings is 1. The molecule has 0 unspecified atom stereocenters. The zero-order chi connectivity index (χ0) is 18.6. The van der Waals surface area contributed by atoms with Crippen LogP contribution in [-0.2, 0) is 19.6 Å². The second kappa shape index (κ2) is 8.45. The van der Waals surface area contributed by atoms with Crippen LogP contribution in [0.4, 0.5) is 0 Å². The third-order valence-corrected chi connectivity index (χ3v) is 7.66. The first kappa shape index (κ1) is 20.1. The van der Waals surface area contributed by atoms with Crippen LogP contribution in [0.5, 0.6) is 0 Å². The molecule has 0 bridgehead atoms. The van der Waals surface area contributed by atoms with Gasteiger partial charge in [-0.3, -0.25) is 9.59 Å². The predicted molar refractivity (Wildman–Crippen MR) is 95.4 cm³/mol. The van der Waals surface area contributed by atoms with E-state index in [9.17, 15) is 18.0 Å². The summed E-state index contributed by atoms with van der Waals surface area (Å²) in [5.41, 5.74) is 0. The number of likely N-dealkylation sites (N-methyl/N-ethyl adjacent to an activating group) is 2. The normalized spacial score (nSPS) is 16.6. The van der Waals surface area contributed by atoms with Crippen LogP contribution in [0.15, 0.2) is 16.3 Å². The first-order valence-electron chi connectivity index (χ1n) is 7.77. The number of quaternary nitrogens is 1. The molecule has 1 aliphatic heterocycles. The standard InChI is InChI=1S/C14H21ClN4O4S2/c1-16-12(20)9-17(2)13(21)10-18-5-7-19(8-6-18)25(22,23)14-4-3-11(15)24-14/h3-4H,5-10H2,1-2H3,(H,16,20)/p+1. The Hall–Kier alpha value is -1.20. The zero-order valence-electron chi connectivity index (χ0n) is 14.1. The average molecular weight is 410 g/mol. The number of sulfonamides is 1. The largest absolute Gasteiger partial charge is 0.358 e. The molecule has 0 spiro atoms. The summed E-state index contributed by atoms with van der Waals surface area (Å²) in [5, 5.41) is 2.47. The van der Waals surface area contributed by atoms with Crippen molar-refractivity contribution in [3.8, 4) is 0 Å². The van der Waals surface area contributed by atoms with E-state index in [-0.39, 0.29) is 29.1 Å². The molecule has 2 heterocycles. The molecule has 0 saturated carbocycles. The van der Waals surface area contributed by atoms with Crippen molar-refractivity contribution in [2.75, 3.05) is 53.4 Å². The zero-order valence-corrected chi connectivity index (χ0v) is 16.5. The number of rotatable bonds is 6. The van der Waals surface area contributed by atoms with Crippen molar-refractivity contribution < 1.29 is 22.9 Å². The van der Waals surface area contributed by atoms with Crippen molar-refractivity contribution >= 4 is 44.8 Å². The fraction of sp³-hybridized carbons (Fsp3) is 0.571. The van der Waals surface area contributed by atoms with E-state index in [0.29, 0.717) is 30.5 Å². The summed E-state index contributed by atoms with van der Waals surface area (Å²) in [6, 6.07) is 3.08. The van der Waals surface area contributed by atoms with Crippen molar-refractivity contribution in [2.24, 2.45) is 0 Å². The van der Waals surface area contributed by atoms with Gasteiger partial charge in [0.2, 0.25) is 5.91 Å². The minimum Gasteiger partial charge on any atom is -0.358 e. The molecule has 1 aromatic heterocycles. The van der Waals surface area contributed by atoms with Gasteiger partial charge >= 0.3 is 0 Å². The van der Waals surface area contributed by atoms with Crippen molar-refractivity contribution in [1.29, 1.82) is 0 Å². The van der Waals surface area contributed by atoms with Crippen molar-refractivity contribution in [1.82, 2.24) is 14.5 Å². The third kappa shape index (κ3) is 5.14. The number of nitrogens with zero attached hydrogens (tertiary/aromatic N) is 2. The molecule has 1 fully saturated rings. The number of amides is 2. The monoisotopic (exact) mass is 409 g/mol. The smallest absolute Gasteiger partial charge is 0.277 e. The van der Waals surface area contributed by atoms with Crippen LogP contribution >= 0.6 is 22.9 Å². The van der Waals surface area contributed by atoms with Crippen LogP contribution in [0.3, 0.4) is 0 Å². The molecule has 140 valence electrons. The Kier molecular flexibility index (Phi) is 6.80. The SMILES string of the molecule is CNC(=O)CN(C)C(=O)C[NH+]1CCN(S(=O)(=O)c2ccc(Cl)s2)CC1. The van der Waals surface area contributed by atoms with Crippen LogP contribution in [-0.4, -0.2) is 82.8 Å². The molecule has 2 rings (SSSR count). The molecular weight excluding hydrogens is 388 g/mol. The Morgan fingerprint density at radius 2 is 2.00 bits per heavy atom. The van der Waals surface area contributed by atoms with Crippen LogP contribution in [0.1, 0.15) is 0 Å². The summed E-state index contributed by atoms with van der Waals surface area (Å²) in [7, 11) is -0.421. The number of halogens is 1. The Morgan fingerprint density at radius 3 is 2.52 bits per heavy atom. The van der Waals surface area contributed by atoms with Gasteiger partial charge in [0.05, 0.1) is 37.1 Å². The summed E-state index contributed by atoms with van der Waals surface area (Å²) in [4.78, 5) is 25.8. The van der Waals surface area contributed by atoms with E-state index in [2.05, 4.69) is 5.32 Å². The maximum atomic E-state index is 12.5. The van der Waals surface area contributed by atoms with E-state index >= 15 is 0 Å². The molecule has 0 aromatic carbocycles. The Labute approximate surface area is 156 Å². The number of hydrogen-bond donors (Lipinski definition) is 2. The lowest BCUT2D eigenvalue weighted by molar-refractivity contribution is -0.895. The van der Waals surface area contributed by atoms with E-state index in [0.717, 1.165) is 16.2 Å². The first-order valence-corrected chi connectivity index (χ1v) is 10.4. The molecule has 25 heavy (non-hydrogen) atoms. The molecule has 2 amide bonds. The highest BCUT2D eigenvalue weighted by Gasteiger charge is 2.32. The highest BCUT2D eigenvalue weighted by Crippen LogP contribution is 2.27. The number of carbonyl (C=O) groups excluding carboxylic acids is 2. The fourth-order valence-electron chi connectivity index (χ4n) is 2.51. The number of piperazine rings is 1. The highest BCUT2D eigenvalue weighted by molar-refractivity contribution is 7.91. The summed E-state index contributed by atoms with van der Waals surface area (Å²) >= 11 is 6.86. The summed E-state index contributed by atoms with van der Waals surface area (Å²) in [6.45, 7) is 2.03.